The Labute approximate surface area is 138 Å². The summed E-state index contributed by atoms with van der Waals surface area (Å²) < 4.78 is 26.1. The van der Waals surface area contributed by atoms with E-state index in [0.717, 1.165) is 37.7 Å². The maximum Gasteiger partial charge on any atom is 0.230 e. The Morgan fingerprint density at radius 2 is 2.04 bits per heavy atom. The summed E-state index contributed by atoms with van der Waals surface area (Å²) in [6.07, 6.45) is 4.54. The number of carbonyl (C=O) groups excluding carboxylic acids is 1. The minimum atomic E-state index is -3.30. The number of nitrogens with one attached hydrogen (secondary N) is 1. The van der Waals surface area contributed by atoms with E-state index < -0.39 is 10.0 Å². The van der Waals surface area contributed by atoms with Crippen molar-refractivity contribution in [1.29, 1.82) is 0 Å². The lowest BCUT2D eigenvalue weighted by Crippen LogP contribution is -2.44. The van der Waals surface area contributed by atoms with E-state index >= 15 is 0 Å². The van der Waals surface area contributed by atoms with Crippen LogP contribution in [-0.4, -0.2) is 44.6 Å². The van der Waals surface area contributed by atoms with Crippen molar-refractivity contribution >= 4 is 15.9 Å². The fraction of sp³-hybridized carbons (Fsp3) is 0.588. The predicted molar refractivity (Wildman–Crippen MR) is 89.7 cm³/mol. The topological polar surface area (TPSA) is 66.5 Å². The zero-order valence-corrected chi connectivity index (χ0v) is 14.3. The van der Waals surface area contributed by atoms with Gasteiger partial charge in [-0.1, -0.05) is 24.3 Å². The lowest BCUT2D eigenvalue weighted by molar-refractivity contribution is -0.133. The summed E-state index contributed by atoms with van der Waals surface area (Å²) in [4.78, 5) is 14.9. The van der Waals surface area contributed by atoms with Crippen LogP contribution in [0.25, 0.3) is 0 Å². The summed E-state index contributed by atoms with van der Waals surface area (Å²) in [5.74, 6) is -0.00680. The van der Waals surface area contributed by atoms with Gasteiger partial charge in [-0.25, -0.2) is 13.1 Å². The third-order valence-corrected chi connectivity index (χ3v) is 6.50. The molecule has 1 aromatic rings. The molecule has 0 aromatic heterocycles. The first-order valence-electron chi connectivity index (χ1n) is 8.31. The molecule has 5 nitrogen and oxygen atoms in total. The first-order chi connectivity index (χ1) is 11.0. The van der Waals surface area contributed by atoms with Crippen LogP contribution < -0.4 is 4.72 Å². The van der Waals surface area contributed by atoms with Crippen LogP contribution in [0.1, 0.15) is 42.7 Å². The fourth-order valence-electron chi connectivity index (χ4n) is 3.85. The molecule has 1 saturated heterocycles. The number of hydrogen-bond donors (Lipinski definition) is 1. The van der Waals surface area contributed by atoms with Gasteiger partial charge < -0.3 is 4.90 Å². The maximum absolute atomic E-state index is 13.1. The van der Waals surface area contributed by atoms with Gasteiger partial charge in [-0.15, -0.1) is 0 Å². The summed E-state index contributed by atoms with van der Waals surface area (Å²) in [5.41, 5.74) is 2.39. The standard InChI is InChI=1S/C17H24N2O3S/c1-18-23(21,22)12-14-8-5-11-19(14)17(20)16-10-4-7-13-6-2-3-9-15(13)16/h2-3,6,9,14,16,18H,4-5,7-8,10-12H2,1H3/t14-,16+/m1/s1. The number of amides is 1. The van der Waals surface area contributed by atoms with Gasteiger partial charge in [0, 0.05) is 12.6 Å². The highest BCUT2D eigenvalue weighted by Crippen LogP contribution is 2.34. The Balaban J connectivity index is 1.80. The molecular weight excluding hydrogens is 312 g/mol. The smallest absolute Gasteiger partial charge is 0.230 e. The Bertz CT molecular complexity index is 687. The molecule has 1 heterocycles. The number of benzene rings is 1. The molecule has 0 spiro atoms. The van der Waals surface area contributed by atoms with Gasteiger partial charge in [0.25, 0.3) is 0 Å². The molecule has 3 rings (SSSR count). The predicted octanol–water partition coefficient (Wildman–Crippen LogP) is 1.65. The monoisotopic (exact) mass is 336 g/mol. The van der Waals surface area contributed by atoms with E-state index in [4.69, 9.17) is 0 Å². The van der Waals surface area contributed by atoms with Crippen LogP contribution in [0, 0.1) is 0 Å². The second-order valence-corrected chi connectivity index (χ2v) is 8.43. The van der Waals surface area contributed by atoms with Crippen molar-refractivity contribution in [1.82, 2.24) is 9.62 Å². The second kappa shape index (κ2) is 6.61. The highest BCUT2D eigenvalue weighted by atomic mass is 32.2. The van der Waals surface area contributed by atoms with Crippen molar-refractivity contribution in [2.24, 2.45) is 0 Å². The summed E-state index contributed by atoms with van der Waals surface area (Å²) in [6.45, 7) is 0.668. The summed E-state index contributed by atoms with van der Waals surface area (Å²) >= 11 is 0. The molecule has 1 aromatic carbocycles. The molecule has 23 heavy (non-hydrogen) atoms. The lowest BCUT2D eigenvalue weighted by atomic mass is 9.82. The van der Waals surface area contributed by atoms with Crippen LogP contribution in [0.3, 0.4) is 0 Å². The first-order valence-corrected chi connectivity index (χ1v) is 9.96. The van der Waals surface area contributed by atoms with Crippen molar-refractivity contribution < 1.29 is 13.2 Å². The highest BCUT2D eigenvalue weighted by Gasteiger charge is 2.37. The minimum absolute atomic E-state index is 0.00358. The van der Waals surface area contributed by atoms with E-state index in [2.05, 4.69) is 10.8 Å². The molecule has 126 valence electrons. The quantitative estimate of drug-likeness (QED) is 0.909. The Hall–Kier alpha value is -1.40. The molecule has 1 aliphatic carbocycles. The van der Waals surface area contributed by atoms with Gasteiger partial charge >= 0.3 is 0 Å². The molecule has 1 N–H and O–H groups in total. The van der Waals surface area contributed by atoms with Crippen LogP contribution in [-0.2, 0) is 21.2 Å². The van der Waals surface area contributed by atoms with Crippen molar-refractivity contribution in [2.45, 2.75) is 44.1 Å². The minimum Gasteiger partial charge on any atom is -0.338 e. The zero-order valence-electron chi connectivity index (χ0n) is 13.5. The zero-order chi connectivity index (χ0) is 16.4. The number of hydrogen-bond acceptors (Lipinski definition) is 3. The molecule has 1 fully saturated rings. The van der Waals surface area contributed by atoms with Gasteiger partial charge in [0.1, 0.15) is 0 Å². The lowest BCUT2D eigenvalue weighted by Gasteiger charge is -2.31. The van der Waals surface area contributed by atoms with Crippen molar-refractivity contribution in [2.75, 3.05) is 19.3 Å². The molecule has 2 aliphatic rings. The fourth-order valence-corrected chi connectivity index (χ4v) is 4.87. The van der Waals surface area contributed by atoms with Gasteiger partial charge in [0.05, 0.1) is 11.7 Å². The molecule has 2 atom stereocenters. The van der Waals surface area contributed by atoms with Crippen LogP contribution in [0.5, 0.6) is 0 Å². The number of likely N-dealkylation sites (tertiary alicyclic amines) is 1. The number of fused-ring (bicyclic) bond motifs is 1. The van der Waals surface area contributed by atoms with Gasteiger partial charge in [0.15, 0.2) is 0 Å². The second-order valence-electron chi connectivity index (χ2n) is 6.46. The molecule has 1 amide bonds. The Kier molecular flexibility index (Phi) is 4.73. The molecule has 0 saturated carbocycles. The van der Waals surface area contributed by atoms with Crippen molar-refractivity contribution in [3.8, 4) is 0 Å². The van der Waals surface area contributed by atoms with Gasteiger partial charge in [0.2, 0.25) is 15.9 Å². The average Bonchev–Trinajstić information content (AvgIpc) is 3.01. The number of rotatable bonds is 4. The first kappa shape index (κ1) is 16.5. The summed E-state index contributed by atoms with van der Waals surface area (Å²) in [7, 11) is -1.88. The molecule has 1 aliphatic heterocycles. The SMILES string of the molecule is CNS(=O)(=O)C[C@H]1CCCN1C(=O)[C@H]1CCCc2ccccc21. The van der Waals surface area contributed by atoms with Crippen molar-refractivity contribution in [3.05, 3.63) is 35.4 Å². The number of nitrogens with zero attached hydrogens (tertiary/aromatic N) is 1. The number of sulfonamides is 1. The van der Waals surface area contributed by atoms with Gasteiger partial charge in [-0.3, -0.25) is 4.79 Å². The van der Waals surface area contributed by atoms with E-state index in [1.54, 1.807) is 0 Å². The van der Waals surface area contributed by atoms with E-state index in [1.807, 2.05) is 23.1 Å². The maximum atomic E-state index is 13.1. The summed E-state index contributed by atoms with van der Waals surface area (Å²) in [6, 6.07) is 7.95. The van der Waals surface area contributed by atoms with E-state index in [-0.39, 0.29) is 23.6 Å². The Morgan fingerprint density at radius 3 is 2.83 bits per heavy atom. The number of carbonyl (C=O) groups is 1. The molecule has 0 unspecified atom stereocenters. The van der Waals surface area contributed by atoms with Gasteiger partial charge in [-0.05, 0) is 50.3 Å². The molecule has 0 radical (unpaired) electrons. The van der Waals surface area contributed by atoms with Crippen LogP contribution in [0.4, 0.5) is 0 Å². The van der Waals surface area contributed by atoms with Crippen LogP contribution >= 0.6 is 0 Å². The van der Waals surface area contributed by atoms with Gasteiger partial charge in [-0.2, -0.15) is 0 Å². The van der Waals surface area contributed by atoms with Crippen LogP contribution in [0.15, 0.2) is 24.3 Å². The molecular formula is C17H24N2O3S. The van der Waals surface area contributed by atoms with E-state index in [1.165, 1.54) is 12.6 Å². The molecule has 0 bridgehead atoms. The normalized spacial score (nSPS) is 24.5. The van der Waals surface area contributed by atoms with Crippen molar-refractivity contribution in [3.63, 3.8) is 0 Å². The van der Waals surface area contributed by atoms with E-state index in [9.17, 15) is 13.2 Å². The highest BCUT2D eigenvalue weighted by molar-refractivity contribution is 7.89. The summed E-state index contributed by atoms with van der Waals surface area (Å²) in [5, 5.41) is 0. The largest absolute Gasteiger partial charge is 0.338 e. The third kappa shape index (κ3) is 3.43. The average molecular weight is 336 g/mol. The number of aryl methyl sites for hydroxylation is 1. The molecule has 6 heteroatoms. The van der Waals surface area contributed by atoms with Crippen LogP contribution in [0.2, 0.25) is 0 Å². The van der Waals surface area contributed by atoms with E-state index in [0.29, 0.717) is 6.54 Å². The third-order valence-electron chi connectivity index (χ3n) is 5.05. The Morgan fingerprint density at radius 1 is 1.26 bits per heavy atom.